The van der Waals surface area contributed by atoms with E-state index in [1.807, 2.05) is 19.1 Å². The summed E-state index contributed by atoms with van der Waals surface area (Å²) in [5.74, 6) is -0.137. The zero-order chi connectivity index (χ0) is 18.0. The molecule has 0 spiro atoms. The highest BCUT2D eigenvalue weighted by Crippen LogP contribution is 2.23. The average Bonchev–Trinajstić information content (AvgIpc) is 3.25. The molecule has 1 saturated heterocycles. The molecule has 7 heteroatoms. The van der Waals surface area contributed by atoms with Crippen LogP contribution in [0.5, 0.6) is 5.75 Å². The molecule has 3 rings (SSSR count). The molecule has 25 heavy (non-hydrogen) atoms. The number of ether oxygens (including phenoxy) is 1. The fourth-order valence-corrected chi connectivity index (χ4v) is 4.50. The maximum absolute atomic E-state index is 12.6. The van der Waals surface area contributed by atoms with E-state index in [0.717, 1.165) is 24.8 Å². The van der Waals surface area contributed by atoms with Crippen molar-refractivity contribution < 1.29 is 17.9 Å². The predicted octanol–water partition coefficient (Wildman–Crippen LogP) is 2.59. The van der Waals surface area contributed by atoms with Crippen LogP contribution in [0.1, 0.15) is 35.8 Å². The average molecular weight is 362 g/mol. The van der Waals surface area contributed by atoms with Gasteiger partial charge in [-0.1, -0.05) is 19.1 Å². The van der Waals surface area contributed by atoms with E-state index in [-0.39, 0.29) is 10.6 Å². The maximum atomic E-state index is 12.6. The second kappa shape index (κ2) is 7.01. The number of carbonyl (C=O) groups excluding carboxylic acids is 1. The number of benzene rings is 1. The van der Waals surface area contributed by atoms with Gasteiger partial charge in [0.05, 0.1) is 0 Å². The first-order valence-electron chi connectivity index (χ1n) is 8.39. The largest absolute Gasteiger partial charge is 0.422 e. The van der Waals surface area contributed by atoms with Crippen molar-refractivity contribution in [2.24, 2.45) is 7.05 Å². The second-order valence-electron chi connectivity index (χ2n) is 6.17. The van der Waals surface area contributed by atoms with Gasteiger partial charge in [0.2, 0.25) is 10.0 Å². The molecule has 1 aromatic heterocycles. The Kier molecular flexibility index (Phi) is 4.96. The number of rotatable bonds is 5. The molecule has 6 nitrogen and oxygen atoms in total. The van der Waals surface area contributed by atoms with Gasteiger partial charge >= 0.3 is 5.97 Å². The summed E-state index contributed by atoms with van der Waals surface area (Å²) in [4.78, 5) is 12.5. The van der Waals surface area contributed by atoms with E-state index in [2.05, 4.69) is 0 Å². The minimum atomic E-state index is -3.55. The van der Waals surface area contributed by atoms with Gasteiger partial charge in [-0.25, -0.2) is 13.2 Å². The third-order valence-corrected chi connectivity index (χ3v) is 6.30. The Hall–Kier alpha value is -2.12. The van der Waals surface area contributed by atoms with Crippen LogP contribution < -0.4 is 4.74 Å². The summed E-state index contributed by atoms with van der Waals surface area (Å²) in [6.45, 7) is 3.11. The molecule has 0 unspecified atom stereocenters. The zero-order valence-corrected chi connectivity index (χ0v) is 15.3. The van der Waals surface area contributed by atoms with E-state index in [1.165, 1.54) is 21.1 Å². The van der Waals surface area contributed by atoms with E-state index in [0.29, 0.717) is 18.8 Å². The van der Waals surface area contributed by atoms with Crippen LogP contribution in [-0.4, -0.2) is 36.3 Å². The van der Waals surface area contributed by atoms with Gasteiger partial charge in [-0.3, -0.25) is 0 Å². The Bertz CT molecular complexity index is 863. The molecule has 1 fully saturated rings. The lowest BCUT2D eigenvalue weighted by atomic mass is 10.2. The number of aryl methyl sites for hydroxylation is 2. The Morgan fingerprint density at radius 2 is 1.80 bits per heavy atom. The van der Waals surface area contributed by atoms with Crippen LogP contribution in [-0.2, 0) is 23.5 Å². The van der Waals surface area contributed by atoms with Crippen molar-refractivity contribution in [1.29, 1.82) is 0 Å². The van der Waals surface area contributed by atoms with Gasteiger partial charge < -0.3 is 9.30 Å². The van der Waals surface area contributed by atoms with Crippen molar-refractivity contribution in [3.8, 4) is 5.75 Å². The molecule has 0 radical (unpaired) electrons. The van der Waals surface area contributed by atoms with Crippen molar-refractivity contribution in [2.45, 2.75) is 31.1 Å². The van der Waals surface area contributed by atoms with E-state index < -0.39 is 16.0 Å². The monoisotopic (exact) mass is 362 g/mol. The number of aromatic nitrogens is 1. The Labute approximate surface area is 148 Å². The molecule has 0 N–H and O–H groups in total. The number of carbonyl (C=O) groups is 1. The summed E-state index contributed by atoms with van der Waals surface area (Å²) in [7, 11) is -1.91. The van der Waals surface area contributed by atoms with Crippen molar-refractivity contribution in [3.63, 3.8) is 0 Å². The highest BCUT2D eigenvalue weighted by molar-refractivity contribution is 7.89. The summed E-state index contributed by atoms with van der Waals surface area (Å²) < 4.78 is 33.5. The highest BCUT2D eigenvalue weighted by atomic mass is 32.2. The SMILES string of the molecule is CCc1ccc(OC(=O)c2cc(S(=O)(=O)N3CCCC3)cn2C)cc1. The van der Waals surface area contributed by atoms with Crippen LogP contribution in [0.2, 0.25) is 0 Å². The minimum absolute atomic E-state index is 0.130. The molecular formula is C18H22N2O4S. The molecule has 0 atom stereocenters. The van der Waals surface area contributed by atoms with Crippen molar-refractivity contribution >= 4 is 16.0 Å². The van der Waals surface area contributed by atoms with E-state index in [1.54, 1.807) is 19.2 Å². The number of sulfonamides is 1. The topological polar surface area (TPSA) is 68.6 Å². The van der Waals surface area contributed by atoms with E-state index in [9.17, 15) is 13.2 Å². The Balaban J connectivity index is 1.80. The summed E-state index contributed by atoms with van der Waals surface area (Å²) in [5, 5.41) is 0. The van der Waals surface area contributed by atoms with Gasteiger partial charge in [-0.15, -0.1) is 0 Å². The number of hydrogen-bond acceptors (Lipinski definition) is 4. The van der Waals surface area contributed by atoms with Crippen LogP contribution in [0.3, 0.4) is 0 Å². The first-order valence-corrected chi connectivity index (χ1v) is 9.83. The van der Waals surface area contributed by atoms with Crippen LogP contribution in [0.25, 0.3) is 0 Å². The van der Waals surface area contributed by atoms with Gasteiger partial charge in [0.1, 0.15) is 16.3 Å². The summed E-state index contributed by atoms with van der Waals surface area (Å²) in [6.07, 6.45) is 4.11. The van der Waals surface area contributed by atoms with E-state index >= 15 is 0 Å². The van der Waals surface area contributed by atoms with Crippen molar-refractivity contribution in [3.05, 3.63) is 47.8 Å². The van der Waals surface area contributed by atoms with Crippen LogP contribution >= 0.6 is 0 Å². The zero-order valence-electron chi connectivity index (χ0n) is 14.4. The van der Waals surface area contributed by atoms with Crippen LogP contribution in [0, 0.1) is 0 Å². The highest BCUT2D eigenvalue weighted by Gasteiger charge is 2.29. The fourth-order valence-electron chi connectivity index (χ4n) is 2.91. The maximum Gasteiger partial charge on any atom is 0.360 e. The lowest BCUT2D eigenvalue weighted by Crippen LogP contribution is -2.27. The summed E-state index contributed by atoms with van der Waals surface area (Å²) in [6, 6.07) is 8.66. The molecule has 2 aromatic rings. The quantitative estimate of drug-likeness (QED) is 0.606. The van der Waals surface area contributed by atoms with Gasteiger partial charge in [0, 0.05) is 26.3 Å². The second-order valence-corrected chi connectivity index (χ2v) is 8.11. The first kappa shape index (κ1) is 17.7. The summed E-state index contributed by atoms with van der Waals surface area (Å²) in [5.41, 5.74) is 1.36. The molecular weight excluding hydrogens is 340 g/mol. The van der Waals surface area contributed by atoms with Crippen molar-refractivity contribution in [1.82, 2.24) is 8.87 Å². The molecule has 134 valence electrons. The molecule has 1 aliphatic rings. The Morgan fingerprint density at radius 1 is 1.16 bits per heavy atom. The number of nitrogens with zero attached hydrogens (tertiary/aromatic N) is 2. The van der Waals surface area contributed by atoms with Crippen LogP contribution in [0.15, 0.2) is 41.4 Å². The van der Waals surface area contributed by atoms with Gasteiger partial charge in [0.25, 0.3) is 0 Å². The molecule has 0 amide bonds. The van der Waals surface area contributed by atoms with Gasteiger partial charge in [0.15, 0.2) is 0 Å². The molecule has 2 heterocycles. The van der Waals surface area contributed by atoms with E-state index in [4.69, 9.17) is 4.74 Å². The lowest BCUT2D eigenvalue weighted by molar-refractivity contribution is 0.0724. The van der Waals surface area contributed by atoms with Gasteiger partial charge in [-0.05, 0) is 43.0 Å². The predicted molar refractivity (Wildman–Crippen MR) is 94.2 cm³/mol. The molecule has 1 aromatic carbocycles. The third kappa shape index (κ3) is 3.62. The van der Waals surface area contributed by atoms with Crippen molar-refractivity contribution in [2.75, 3.05) is 13.1 Å². The lowest BCUT2D eigenvalue weighted by Gasteiger charge is -2.13. The fraction of sp³-hybridized carbons (Fsp3) is 0.389. The minimum Gasteiger partial charge on any atom is -0.422 e. The standard InChI is InChI=1S/C18H22N2O4S/c1-3-14-6-8-15(9-7-14)24-18(21)17-12-16(13-19(17)2)25(22,23)20-10-4-5-11-20/h6-9,12-13H,3-5,10-11H2,1-2H3. The molecule has 0 aliphatic carbocycles. The van der Waals surface area contributed by atoms with Gasteiger partial charge in [-0.2, -0.15) is 4.31 Å². The molecule has 0 bridgehead atoms. The smallest absolute Gasteiger partial charge is 0.360 e. The number of hydrogen-bond donors (Lipinski definition) is 0. The molecule has 1 aliphatic heterocycles. The number of esters is 1. The summed E-state index contributed by atoms with van der Waals surface area (Å²) >= 11 is 0. The third-order valence-electron chi connectivity index (χ3n) is 4.43. The van der Waals surface area contributed by atoms with Crippen LogP contribution in [0.4, 0.5) is 0 Å². The Morgan fingerprint density at radius 3 is 2.40 bits per heavy atom. The molecule has 0 saturated carbocycles. The first-order chi connectivity index (χ1) is 11.9. The normalized spacial score (nSPS) is 15.4.